The number of aryl methyl sites for hydroxylation is 2. The summed E-state index contributed by atoms with van der Waals surface area (Å²) in [4.78, 5) is 32.7. The number of carboxylic acids is 1. The number of hydrogen-bond donors (Lipinski definition) is 2. The van der Waals surface area contributed by atoms with Crippen molar-refractivity contribution in [1.29, 1.82) is 0 Å². The predicted molar refractivity (Wildman–Crippen MR) is 185 cm³/mol. The number of hydrogen-bond acceptors (Lipinski definition) is 6. The van der Waals surface area contributed by atoms with Crippen molar-refractivity contribution in [3.05, 3.63) is 74.2 Å². The van der Waals surface area contributed by atoms with Crippen LogP contribution in [-0.2, 0) is 0 Å². The molecule has 5 aromatic rings. The van der Waals surface area contributed by atoms with Crippen molar-refractivity contribution >= 4 is 74.4 Å². The molecular formula is C34H36Cl3N7O3. The molecule has 4 heterocycles. The minimum atomic E-state index is -1.06. The van der Waals surface area contributed by atoms with Crippen LogP contribution in [0.3, 0.4) is 0 Å². The predicted octanol–water partition coefficient (Wildman–Crippen LogP) is 9.40. The lowest BCUT2D eigenvalue weighted by Gasteiger charge is -2.22. The number of carbonyl (C=O) groups excluding carboxylic acids is 1. The number of aromatic carboxylic acids is 1. The van der Waals surface area contributed by atoms with E-state index in [1.165, 1.54) is 50.9 Å². The first kappa shape index (κ1) is 33.2. The number of anilines is 1. The molecule has 0 bridgehead atoms. The molecule has 2 saturated carbocycles. The molecule has 47 heavy (non-hydrogen) atoms. The molecule has 0 radical (unpaired) electrons. The van der Waals surface area contributed by atoms with Gasteiger partial charge in [0.15, 0.2) is 11.3 Å². The molecule has 13 heteroatoms. The van der Waals surface area contributed by atoms with E-state index in [-0.39, 0.29) is 16.5 Å². The number of amides is 1. The Morgan fingerprint density at radius 1 is 0.723 bits per heavy atom. The van der Waals surface area contributed by atoms with E-state index in [0.717, 1.165) is 48.1 Å². The molecule has 2 aliphatic rings. The van der Waals surface area contributed by atoms with Gasteiger partial charge in [0.2, 0.25) is 0 Å². The van der Waals surface area contributed by atoms with Crippen LogP contribution < -0.4 is 5.32 Å². The fraction of sp³-hybridized carbons (Fsp3) is 0.412. The van der Waals surface area contributed by atoms with Gasteiger partial charge in [0.25, 0.3) is 5.91 Å². The van der Waals surface area contributed by atoms with E-state index in [4.69, 9.17) is 45.0 Å². The standard InChI is InChI=1S/C20H20Cl2N4O.C14H16ClN3O2/c1-12-17-18(22)16(20(27)24-14-9-7-13(21)8-10-14)11-23-19(17)26(25-12)15-5-3-2-4-6-15;1-8-11-12(15)10(14(19)20)7-16-13(11)18(17-8)9-5-3-2-4-6-9/h7-11,15H,2-6H2,1H3,(H,24,27);7,9H,2-6H2,1H3,(H,19,20). The van der Waals surface area contributed by atoms with Crippen molar-refractivity contribution in [3.63, 3.8) is 0 Å². The quantitative estimate of drug-likeness (QED) is 0.187. The molecule has 0 unspecified atom stereocenters. The lowest BCUT2D eigenvalue weighted by Crippen LogP contribution is -2.15. The van der Waals surface area contributed by atoms with Gasteiger partial charge in [-0.15, -0.1) is 0 Å². The second-order valence-corrected chi connectivity index (χ2v) is 13.5. The SMILES string of the molecule is Cc1nn(C2CCCCC2)c2ncc(C(=O)Nc3ccc(Cl)cc3)c(Cl)c12.Cc1nn(C2CCCCC2)c2ncc(C(=O)O)c(Cl)c12. The van der Waals surface area contributed by atoms with Crippen molar-refractivity contribution in [2.75, 3.05) is 5.32 Å². The number of nitrogens with one attached hydrogen (secondary N) is 1. The van der Waals surface area contributed by atoms with Crippen molar-refractivity contribution < 1.29 is 14.7 Å². The van der Waals surface area contributed by atoms with E-state index in [1.54, 1.807) is 24.3 Å². The normalized spacial score (nSPS) is 15.9. The Labute approximate surface area is 287 Å². The number of carbonyl (C=O) groups is 2. The average molecular weight is 697 g/mol. The van der Waals surface area contributed by atoms with Crippen LogP contribution in [0.2, 0.25) is 15.1 Å². The maximum absolute atomic E-state index is 12.7. The van der Waals surface area contributed by atoms with Crippen LogP contribution in [0, 0.1) is 13.8 Å². The molecule has 10 nitrogen and oxygen atoms in total. The van der Waals surface area contributed by atoms with Crippen LogP contribution in [0.15, 0.2) is 36.7 Å². The minimum Gasteiger partial charge on any atom is -0.478 e. The Kier molecular flexibility index (Phi) is 10.0. The first-order valence-corrected chi connectivity index (χ1v) is 17.1. The van der Waals surface area contributed by atoms with Crippen molar-refractivity contribution in [1.82, 2.24) is 29.5 Å². The van der Waals surface area contributed by atoms with Gasteiger partial charge in [-0.1, -0.05) is 73.3 Å². The number of pyridine rings is 2. The fourth-order valence-corrected chi connectivity index (χ4v) is 7.50. The third-order valence-electron chi connectivity index (χ3n) is 9.08. The maximum atomic E-state index is 12.7. The zero-order valence-corrected chi connectivity index (χ0v) is 28.5. The lowest BCUT2D eigenvalue weighted by atomic mass is 9.96. The number of halogens is 3. The Hall–Kier alpha value is -3.73. The zero-order chi connectivity index (χ0) is 33.2. The van der Waals surface area contributed by atoms with Gasteiger partial charge in [-0.05, 0) is 63.8 Å². The highest BCUT2D eigenvalue weighted by molar-refractivity contribution is 6.39. The molecule has 0 spiro atoms. The lowest BCUT2D eigenvalue weighted by molar-refractivity contribution is 0.0696. The van der Waals surface area contributed by atoms with Crippen LogP contribution in [0.4, 0.5) is 5.69 Å². The smallest absolute Gasteiger partial charge is 0.338 e. The van der Waals surface area contributed by atoms with Gasteiger partial charge in [0.05, 0.1) is 55.4 Å². The Bertz CT molecular complexity index is 1940. The Balaban J connectivity index is 0.000000172. The van der Waals surface area contributed by atoms with Gasteiger partial charge in [0.1, 0.15) is 0 Å². The summed E-state index contributed by atoms with van der Waals surface area (Å²) < 4.78 is 3.93. The number of benzene rings is 1. The van der Waals surface area contributed by atoms with Crippen molar-refractivity contribution in [2.24, 2.45) is 0 Å². The molecule has 1 amide bonds. The molecule has 2 fully saturated rings. The van der Waals surface area contributed by atoms with E-state index in [9.17, 15) is 9.59 Å². The summed E-state index contributed by atoms with van der Waals surface area (Å²) in [5.41, 5.74) is 4.02. The van der Waals surface area contributed by atoms with E-state index < -0.39 is 5.97 Å². The molecule has 0 aliphatic heterocycles. The second kappa shape index (κ2) is 14.2. The van der Waals surface area contributed by atoms with Gasteiger partial charge >= 0.3 is 5.97 Å². The zero-order valence-electron chi connectivity index (χ0n) is 26.3. The number of fused-ring (bicyclic) bond motifs is 2. The summed E-state index contributed by atoms with van der Waals surface area (Å²) in [5, 5.41) is 23.9. The van der Waals surface area contributed by atoms with Gasteiger partial charge in [-0.2, -0.15) is 10.2 Å². The molecule has 246 valence electrons. The van der Waals surface area contributed by atoms with E-state index in [1.807, 2.05) is 23.2 Å². The van der Waals surface area contributed by atoms with Gasteiger partial charge in [-0.25, -0.2) is 24.1 Å². The largest absolute Gasteiger partial charge is 0.478 e. The monoisotopic (exact) mass is 695 g/mol. The fourth-order valence-electron chi connectivity index (χ4n) is 6.67. The highest BCUT2D eigenvalue weighted by Gasteiger charge is 2.25. The highest BCUT2D eigenvalue weighted by Crippen LogP contribution is 2.36. The van der Waals surface area contributed by atoms with Crippen LogP contribution >= 0.6 is 34.8 Å². The average Bonchev–Trinajstić information content (AvgIpc) is 3.60. The molecule has 2 aliphatic carbocycles. The van der Waals surface area contributed by atoms with Crippen LogP contribution in [0.5, 0.6) is 0 Å². The number of aromatic nitrogens is 6. The molecule has 7 rings (SSSR count). The van der Waals surface area contributed by atoms with Crippen LogP contribution in [0.25, 0.3) is 22.1 Å². The number of carboxylic acid groups (broad SMARTS) is 1. The third-order valence-corrected chi connectivity index (χ3v) is 10.1. The summed E-state index contributed by atoms with van der Waals surface area (Å²) >= 11 is 18.7. The summed E-state index contributed by atoms with van der Waals surface area (Å²) in [5.74, 6) is -1.37. The third kappa shape index (κ3) is 6.82. The van der Waals surface area contributed by atoms with Crippen molar-refractivity contribution in [3.8, 4) is 0 Å². The van der Waals surface area contributed by atoms with E-state index in [2.05, 4.69) is 20.4 Å². The molecule has 0 atom stereocenters. The van der Waals surface area contributed by atoms with E-state index >= 15 is 0 Å². The summed E-state index contributed by atoms with van der Waals surface area (Å²) in [6, 6.07) is 7.63. The molecule has 2 N–H and O–H groups in total. The summed E-state index contributed by atoms with van der Waals surface area (Å²) in [6.07, 6.45) is 14.6. The summed E-state index contributed by atoms with van der Waals surface area (Å²) in [6.45, 7) is 3.76. The van der Waals surface area contributed by atoms with Crippen LogP contribution in [0.1, 0.15) is 108 Å². The molecule has 4 aromatic heterocycles. The van der Waals surface area contributed by atoms with Gasteiger partial charge < -0.3 is 10.4 Å². The maximum Gasteiger partial charge on any atom is 0.338 e. The summed E-state index contributed by atoms with van der Waals surface area (Å²) in [7, 11) is 0. The molecule has 0 saturated heterocycles. The first-order valence-electron chi connectivity index (χ1n) is 16.0. The number of rotatable bonds is 5. The van der Waals surface area contributed by atoms with Crippen molar-refractivity contribution in [2.45, 2.75) is 90.1 Å². The van der Waals surface area contributed by atoms with Gasteiger partial charge in [-0.3, -0.25) is 4.79 Å². The first-order chi connectivity index (χ1) is 22.6. The molecular weight excluding hydrogens is 661 g/mol. The Morgan fingerprint density at radius 3 is 1.64 bits per heavy atom. The van der Waals surface area contributed by atoms with E-state index in [0.29, 0.717) is 44.4 Å². The second-order valence-electron chi connectivity index (χ2n) is 12.3. The van der Waals surface area contributed by atoms with Gasteiger partial charge in [0, 0.05) is 23.1 Å². The topological polar surface area (TPSA) is 128 Å². The Morgan fingerprint density at radius 2 is 1.17 bits per heavy atom. The highest BCUT2D eigenvalue weighted by atomic mass is 35.5. The van der Waals surface area contributed by atoms with Crippen LogP contribution in [-0.4, -0.2) is 46.5 Å². The minimum absolute atomic E-state index is 0.0328. The molecule has 1 aromatic carbocycles. The number of nitrogens with zero attached hydrogens (tertiary/aromatic N) is 6.